The minimum Gasteiger partial charge on any atom is -0.475 e. The first-order valence-corrected chi connectivity index (χ1v) is 12.6. The Balaban J connectivity index is 2.22. The number of amides is 3. The minimum atomic E-state index is -1.07. The fraction of sp³-hybridized carbons (Fsp3) is 0.478. The molecule has 2 aromatic heterocycles. The normalized spacial score (nSPS) is 13.9. The first kappa shape index (κ1) is 27.5. The van der Waals surface area contributed by atoms with Crippen LogP contribution >= 0.6 is 23.4 Å². The second-order valence-corrected chi connectivity index (χ2v) is 10.8. The number of hydrogen-bond donors (Lipinski definition) is 0. The number of thioether (sulfide) groups is 1. The summed E-state index contributed by atoms with van der Waals surface area (Å²) in [4.78, 5) is 55.1. The highest BCUT2D eigenvalue weighted by molar-refractivity contribution is 7.98. The quantitative estimate of drug-likeness (QED) is 0.301. The van der Waals surface area contributed by atoms with Crippen molar-refractivity contribution in [2.75, 3.05) is 29.2 Å². The predicted octanol–water partition coefficient (Wildman–Crippen LogP) is 4.96. The molecule has 36 heavy (non-hydrogen) atoms. The number of halogens is 1. The molecule has 194 valence electrons. The van der Waals surface area contributed by atoms with Gasteiger partial charge in [0.05, 0.1) is 18.4 Å². The van der Waals surface area contributed by atoms with E-state index in [1.807, 2.05) is 0 Å². The van der Waals surface area contributed by atoms with Gasteiger partial charge in [-0.15, -0.1) is 0 Å². The van der Waals surface area contributed by atoms with Crippen molar-refractivity contribution in [2.45, 2.75) is 57.9 Å². The largest absolute Gasteiger partial charge is 0.475 e. The van der Waals surface area contributed by atoms with E-state index in [4.69, 9.17) is 25.8 Å². The number of carbonyl (C=O) groups excluding carboxylic acids is 3. The summed E-state index contributed by atoms with van der Waals surface area (Å²) in [5, 5.41) is 0.433. The maximum Gasteiger partial charge on any atom is 0.425 e. The van der Waals surface area contributed by atoms with Gasteiger partial charge in [0.2, 0.25) is 5.88 Å². The van der Waals surface area contributed by atoms with Gasteiger partial charge < -0.3 is 19.1 Å². The van der Waals surface area contributed by atoms with E-state index in [9.17, 15) is 14.4 Å². The van der Waals surface area contributed by atoms with Crippen LogP contribution in [-0.2, 0) is 9.47 Å². The molecule has 1 aliphatic rings. The van der Waals surface area contributed by atoms with Gasteiger partial charge in [-0.2, -0.15) is 9.88 Å². The molecule has 13 heteroatoms. The van der Waals surface area contributed by atoms with Gasteiger partial charge in [0.1, 0.15) is 28.5 Å². The molecule has 0 aliphatic carbocycles. The Bertz CT molecular complexity index is 1140. The number of nitrogens with zero attached hydrogens (tertiary/aromatic N) is 5. The molecule has 0 fully saturated rings. The van der Waals surface area contributed by atoms with Crippen LogP contribution in [0.15, 0.2) is 23.5 Å². The number of anilines is 2. The third-order valence-electron chi connectivity index (χ3n) is 4.42. The molecule has 0 N–H and O–H groups in total. The monoisotopic (exact) mass is 537 g/mol. The smallest absolute Gasteiger partial charge is 0.425 e. The maximum absolute atomic E-state index is 13.8. The molecule has 1 aliphatic heterocycles. The second-order valence-electron chi connectivity index (χ2n) is 9.65. The number of rotatable bonds is 3. The second kappa shape index (κ2) is 10.5. The van der Waals surface area contributed by atoms with Gasteiger partial charge >= 0.3 is 12.2 Å². The first-order valence-electron chi connectivity index (χ1n) is 11.0. The van der Waals surface area contributed by atoms with Crippen LogP contribution in [0.2, 0.25) is 5.15 Å². The molecule has 0 unspecified atom stereocenters. The van der Waals surface area contributed by atoms with Gasteiger partial charge in [0.15, 0.2) is 11.0 Å². The lowest BCUT2D eigenvalue weighted by Crippen LogP contribution is -2.45. The predicted molar refractivity (Wildman–Crippen MR) is 135 cm³/mol. The van der Waals surface area contributed by atoms with Crippen molar-refractivity contribution in [3.63, 3.8) is 0 Å². The third kappa shape index (κ3) is 6.55. The van der Waals surface area contributed by atoms with Gasteiger partial charge in [-0.1, -0.05) is 23.4 Å². The van der Waals surface area contributed by atoms with Gasteiger partial charge in [-0.3, -0.25) is 4.79 Å². The van der Waals surface area contributed by atoms with Gasteiger partial charge in [0, 0.05) is 0 Å². The van der Waals surface area contributed by atoms with Crippen LogP contribution in [0, 0.1) is 0 Å². The molecule has 0 saturated heterocycles. The SMILES string of the molecule is CSc1nc2c(c(N(C(=O)OC(C)(C)C)C(=O)OC(C)(C)C)n1)C(=O)N(c1ccc(Cl)nc1)CCO2. The van der Waals surface area contributed by atoms with E-state index >= 15 is 0 Å². The van der Waals surface area contributed by atoms with Crippen molar-refractivity contribution in [3.8, 4) is 5.88 Å². The van der Waals surface area contributed by atoms with Crippen molar-refractivity contribution in [3.05, 3.63) is 29.0 Å². The zero-order valence-electron chi connectivity index (χ0n) is 21.1. The molecule has 0 saturated carbocycles. The number of hydrogen-bond acceptors (Lipinski definition) is 10. The van der Waals surface area contributed by atoms with Crippen LogP contribution < -0.4 is 14.5 Å². The van der Waals surface area contributed by atoms with Crippen molar-refractivity contribution in [1.82, 2.24) is 15.0 Å². The van der Waals surface area contributed by atoms with Crippen LogP contribution in [0.5, 0.6) is 5.88 Å². The summed E-state index contributed by atoms with van der Waals surface area (Å²) in [5.74, 6) is -0.992. The summed E-state index contributed by atoms with van der Waals surface area (Å²) < 4.78 is 16.7. The average Bonchev–Trinajstić information content (AvgIpc) is 2.90. The van der Waals surface area contributed by atoms with Gasteiger partial charge in [-0.05, 0) is 59.9 Å². The van der Waals surface area contributed by atoms with Crippen molar-refractivity contribution in [2.24, 2.45) is 0 Å². The molecular formula is C23H28ClN5O6S. The van der Waals surface area contributed by atoms with Crippen molar-refractivity contribution >= 4 is 53.0 Å². The van der Waals surface area contributed by atoms with Crippen LogP contribution in [0.4, 0.5) is 21.1 Å². The molecular weight excluding hydrogens is 510 g/mol. The first-order chi connectivity index (χ1) is 16.7. The molecule has 2 aromatic rings. The minimum absolute atomic E-state index is 0.0732. The molecule has 3 heterocycles. The Labute approximate surface area is 218 Å². The number of aromatic nitrogens is 3. The number of imide groups is 1. The number of pyridine rings is 1. The molecule has 0 atom stereocenters. The topological polar surface area (TPSA) is 124 Å². The van der Waals surface area contributed by atoms with E-state index < -0.39 is 29.3 Å². The molecule has 0 radical (unpaired) electrons. The van der Waals surface area contributed by atoms with Crippen LogP contribution in [0.1, 0.15) is 51.9 Å². The number of fused-ring (bicyclic) bond motifs is 1. The fourth-order valence-corrected chi connectivity index (χ4v) is 3.53. The van der Waals surface area contributed by atoms with E-state index in [0.29, 0.717) is 10.6 Å². The Morgan fingerprint density at radius 2 is 1.69 bits per heavy atom. The summed E-state index contributed by atoms with van der Waals surface area (Å²) in [6.07, 6.45) is 1.01. The number of ether oxygens (including phenoxy) is 3. The van der Waals surface area contributed by atoms with Gasteiger partial charge in [0.25, 0.3) is 5.91 Å². The fourth-order valence-electron chi connectivity index (χ4n) is 3.06. The Kier molecular flexibility index (Phi) is 7.99. The lowest BCUT2D eigenvalue weighted by atomic mass is 10.2. The van der Waals surface area contributed by atoms with E-state index in [1.54, 1.807) is 59.9 Å². The Hall–Kier alpha value is -3.12. The molecule has 11 nitrogen and oxygen atoms in total. The molecule has 0 aromatic carbocycles. The average molecular weight is 538 g/mol. The maximum atomic E-state index is 13.8. The summed E-state index contributed by atoms with van der Waals surface area (Å²) in [5.41, 5.74) is -1.67. The van der Waals surface area contributed by atoms with Crippen LogP contribution in [0.3, 0.4) is 0 Å². The Morgan fingerprint density at radius 3 is 2.19 bits per heavy atom. The standard InChI is InChI=1S/C23H28ClN5O6S/c1-22(2,3)34-20(31)29(21(32)35-23(4,5)6)16-15-17(27-19(26-16)36-7)33-11-10-28(18(15)30)13-8-9-14(24)25-12-13/h8-9,12H,10-11H2,1-7H3. The van der Waals surface area contributed by atoms with Crippen LogP contribution in [0.25, 0.3) is 0 Å². The summed E-state index contributed by atoms with van der Waals surface area (Å²) in [7, 11) is 0. The van der Waals surface area contributed by atoms with Crippen molar-refractivity contribution < 1.29 is 28.6 Å². The third-order valence-corrected chi connectivity index (χ3v) is 5.19. The Morgan fingerprint density at radius 1 is 1.08 bits per heavy atom. The molecule has 0 spiro atoms. The lowest BCUT2D eigenvalue weighted by Gasteiger charge is -2.29. The van der Waals surface area contributed by atoms with E-state index in [0.717, 1.165) is 11.8 Å². The lowest BCUT2D eigenvalue weighted by molar-refractivity contribution is 0.0428. The van der Waals surface area contributed by atoms with E-state index in [1.165, 1.54) is 11.1 Å². The van der Waals surface area contributed by atoms with Crippen LogP contribution in [-0.4, -0.2) is 63.7 Å². The molecule has 3 amide bonds. The highest BCUT2D eigenvalue weighted by atomic mass is 35.5. The highest BCUT2D eigenvalue weighted by Crippen LogP contribution is 2.35. The summed E-state index contributed by atoms with van der Waals surface area (Å²) >= 11 is 7.05. The molecule has 3 rings (SSSR count). The summed E-state index contributed by atoms with van der Waals surface area (Å²) in [6, 6.07) is 3.16. The summed E-state index contributed by atoms with van der Waals surface area (Å²) in [6.45, 7) is 10.1. The molecule has 0 bridgehead atoms. The highest BCUT2D eigenvalue weighted by Gasteiger charge is 2.40. The zero-order chi connectivity index (χ0) is 26.8. The van der Waals surface area contributed by atoms with Crippen molar-refractivity contribution in [1.29, 1.82) is 0 Å². The van der Waals surface area contributed by atoms with E-state index in [-0.39, 0.29) is 40.7 Å². The zero-order valence-corrected chi connectivity index (χ0v) is 22.7. The number of carbonyl (C=O) groups is 3. The van der Waals surface area contributed by atoms with Gasteiger partial charge in [-0.25, -0.2) is 19.6 Å². The van der Waals surface area contributed by atoms with E-state index in [2.05, 4.69) is 15.0 Å².